The van der Waals surface area contributed by atoms with Gasteiger partial charge in [0, 0.05) is 23.9 Å². The summed E-state index contributed by atoms with van der Waals surface area (Å²) in [6.45, 7) is 4.89. The van der Waals surface area contributed by atoms with Crippen LogP contribution < -0.4 is 20.9 Å². The molecule has 2 aromatic carbocycles. The largest absolute Gasteiger partial charge is 0.492 e. The maximum Gasteiger partial charge on any atom is 0.273 e. The molecule has 160 valence electrons. The number of hydrogen-bond donors (Lipinski definition) is 3. The van der Waals surface area contributed by atoms with E-state index in [-0.39, 0.29) is 18.7 Å². The van der Waals surface area contributed by atoms with Crippen LogP contribution in [0.4, 0.5) is 0 Å². The Morgan fingerprint density at radius 2 is 1.67 bits per heavy atom. The average Bonchev–Trinajstić information content (AvgIpc) is 2.74. The Morgan fingerprint density at radius 1 is 0.967 bits per heavy atom. The highest BCUT2D eigenvalue weighted by molar-refractivity contribution is 9.10. The van der Waals surface area contributed by atoms with Gasteiger partial charge in [-0.1, -0.05) is 60.1 Å². The molecule has 0 radical (unpaired) electrons. The second-order valence-corrected chi connectivity index (χ2v) is 8.03. The van der Waals surface area contributed by atoms with E-state index in [2.05, 4.69) is 32.1 Å². The maximum absolute atomic E-state index is 12.5. The van der Waals surface area contributed by atoms with Crippen molar-refractivity contribution in [2.24, 2.45) is 5.92 Å². The van der Waals surface area contributed by atoms with Crippen LogP contribution in [0.3, 0.4) is 0 Å². The van der Waals surface area contributed by atoms with Gasteiger partial charge in [-0.25, -0.2) is 0 Å². The summed E-state index contributed by atoms with van der Waals surface area (Å²) in [6.07, 6.45) is -0.0235. The lowest BCUT2D eigenvalue weighted by molar-refractivity contribution is -0.126. The molecule has 2 rings (SSSR count). The van der Waals surface area contributed by atoms with Crippen LogP contribution in [0.5, 0.6) is 5.75 Å². The van der Waals surface area contributed by atoms with E-state index in [9.17, 15) is 14.4 Å². The smallest absolute Gasteiger partial charge is 0.273 e. The van der Waals surface area contributed by atoms with E-state index >= 15 is 0 Å². The SMILES string of the molecule is CC(C)COc1ccc(Br)cc1C(=O)NNC(=O)CCC(=O)NCc1ccccc1. The molecule has 8 heteroatoms. The van der Waals surface area contributed by atoms with E-state index in [4.69, 9.17) is 4.74 Å². The first-order valence-electron chi connectivity index (χ1n) is 9.67. The highest BCUT2D eigenvalue weighted by atomic mass is 79.9. The lowest BCUT2D eigenvalue weighted by Crippen LogP contribution is -2.42. The van der Waals surface area contributed by atoms with Crippen LogP contribution in [0.2, 0.25) is 0 Å². The molecule has 0 unspecified atom stereocenters. The molecule has 0 aliphatic heterocycles. The van der Waals surface area contributed by atoms with Crippen molar-refractivity contribution in [3.8, 4) is 5.75 Å². The molecule has 7 nitrogen and oxygen atoms in total. The first kappa shape index (κ1) is 23.4. The van der Waals surface area contributed by atoms with Crippen LogP contribution >= 0.6 is 15.9 Å². The summed E-state index contributed by atoms with van der Waals surface area (Å²) in [5.74, 6) is -0.470. The fourth-order valence-corrected chi connectivity index (χ4v) is 2.79. The van der Waals surface area contributed by atoms with Gasteiger partial charge in [-0.3, -0.25) is 25.2 Å². The first-order valence-corrected chi connectivity index (χ1v) is 10.5. The Morgan fingerprint density at radius 3 is 2.37 bits per heavy atom. The molecule has 0 saturated carbocycles. The average molecular weight is 476 g/mol. The van der Waals surface area contributed by atoms with Gasteiger partial charge in [0.15, 0.2) is 0 Å². The monoisotopic (exact) mass is 475 g/mol. The highest BCUT2D eigenvalue weighted by Crippen LogP contribution is 2.23. The predicted molar refractivity (Wildman–Crippen MR) is 118 cm³/mol. The summed E-state index contributed by atoms with van der Waals surface area (Å²) in [7, 11) is 0. The molecular formula is C22H26BrN3O4. The third-order valence-corrected chi connectivity index (χ3v) is 4.48. The van der Waals surface area contributed by atoms with Crippen LogP contribution in [0.15, 0.2) is 53.0 Å². The number of ether oxygens (including phenoxy) is 1. The van der Waals surface area contributed by atoms with Gasteiger partial charge in [0.1, 0.15) is 5.75 Å². The Balaban J connectivity index is 1.78. The Bertz CT molecular complexity index is 872. The van der Waals surface area contributed by atoms with Crippen LogP contribution in [0.25, 0.3) is 0 Å². The molecule has 0 fully saturated rings. The van der Waals surface area contributed by atoms with Gasteiger partial charge in [0.05, 0.1) is 12.2 Å². The summed E-state index contributed by atoms with van der Waals surface area (Å²) in [5, 5.41) is 2.75. The van der Waals surface area contributed by atoms with Crippen molar-refractivity contribution in [2.45, 2.75) is 33.2 Å². The minimum atomic E-state index is -0.503. The Labute approximate surface area is 184 Å². The quantitative estimate of drug-likeness (QED) is 0.484. The fraction of sp³-hybridized carbons (Fsp3) is 0.318. The zero-order chi connectivity index (χ0) is 21.9. The summed E-state index contributed by atoms with van der Waals surface area (Å²) >= 11 is 3.33. The van der Waals surface area contributed by atoms with Crippen molar-refractivity contribution in [2.75, 3.05) is 6.61 Å². The third-order valence-electron chi connectivity index (χ3n) is 3.99. The van der Waals surface area contributed by atoms with Gasteiger partial charge < -0.3 is 10.1 Å². The van der Waals surface area contributed by atoms with Gasteiger partial charge in [-0.15, -0.1) is 0 Å². The molecule has 0 heterocycles. The molecule has 3 N–H and O–H groups in total. The van der Waals surface area contributed by atoms with E-state index in [1.807, 2.05) is 44.2 Å². The van der Waals surface area contributed by atoms with Crippen molar-refractivity contribution >= 4 is 33.7 Å². The number of carbonyl (C=O) groups excluding carboxylic acids is 3. The molecule has 0 atom stereocenters. The zero-order valence-electron chi connectivity index (χ0n) is 17.0. The van der Waals surface area contributed by atoms with Crippen molar-refractivity contribution in [3.63, 3.8) is 0 Å². The van der Waals surface area contributed by atoms with Crippen LogP contribution in [-0.4, -0.2) is 24.3 Å². The summed E-state index contributed by atoms with van der Waals surface area (Å²) in [6, 6.07) is 14.6. The van der Waals surface area contributed by atoms with E-state index < -0.39 is 11.8 Å². The molecule has 0 aliphatic carbocycles. The van der Waals surface area contributed by atoms with Crippen LogP contribution in [0.1, 0.15) is 42.6 Å². The zero-order valence-corrected chi connectivity index (χ0v) is 18.6. The van der Waals surface area contributed by atoms with Gasteiger partial charge in [-0.05, 0) is 29.7 Å². The van der Waals surface area contributed by atoms with Gasteiger partial charge in [0.2, 0.25) is 11.8 Å². The fourth-order valence-electron chi connectivity index (χ4n) is 2.43. The van der Waals surface area contributed by atoms with Crippen molar-refractivity contribution in [3.05, 3.63) is 64.1 Å². The second kappa shape index (κ2) is 12.0. The minimum absolute atomic E-state index is 0.0220. The summed E-state index contributed by atoms with van der Waals surface area (Å²) in [4.78, 5) is 36.3. The number of rotatable bonds is 9. The molecular weight excluding hydrogens is 450 g/mol. The van der Waals surface area contributed by atoms with Crippen LogP contribution in [0, 0.1) is 5.92 Å². The number of hydrazine groups is 1. The van der Waals surface area contributed by atoms with E-state index in [0.29, 0.717) is 34.9 Å². The first-order chi connectivity index (χ1) is 14.3. The third kappa shape index (κ3) is 8.24. The number of benzene rings is 2. The number of amides is 3. The summed E-state index contributed by atoms with van der Waals surface area (Å²) < 4.78 is 6.39. The van der Waals surface area contributed by atoms with Crippen molar-refractivity contribution < 1.29 is 19.1 Å². The van der Waals surface area contributed by atoms with Crippen molar-refractivity contribution in [1.82, 2.24) is 16.2 Å². The lowest BCUT2D eigenvalue weighted by atomic mass is 10.2. The van der Waals surface area contributed by atoms with E-state index in [0.717, 1.165) is 5.56 Å². The molecule has 3 amide bonds. The predicted octanol–water partition coefficient (Wildman–Crippen LogP) is 3.34. The second-order valence-electron chi connectivity index (χ2n) is 7.11. The molecule has 0 aliphatic rings. The standard InChI is InChI=1S/C22H26BrN3O4/c1-15(2)14-30-19-9-8-17(23)12-18(19)22(29)26-25-21(28)11-10-20(27)24-13-16-6-4-3-5-7-16/h3-9,12,15H,10-11,13-14H2,1-2H3,(H,24,27)(H,25,28)(H,26,29). The number of hydrogen-bond acceptors (Lipinski definition) is 4. The molecule has 0 spiro atoms. The number of nitrogens with one attached hydrogen (secondary N) is 3. The molecule has 0 bridgehead atoms. The topological polar surface area (TPSA) is 96.5 Å². The van der Waals surface area contributed by atoms with Crippen molar-refractivity contribution in [1.29, 1.82) is 0 Å². The maximum atomic E-state index is 12.5. The highest BCUT2D eigenvalue weighted by Gasteiger charge is 2.15. The molecule has 0 saturated heterocycles. The van der Waals surface area contributed by atoms with Crippen LogP contribution in [-0.2, 0) is 16.1 Å². The number of halogens is 1. The van der Waals surface area contributed by atoms with E-state index in [1.54, 1.807) is 18.2 Å². The normalized spacial score (nSPS) is 10.4. The molecule has 2 aromatic rings. The number of carbonyl (C=O) groups is 3. The van der Waals surface area contributed by atoms with Gasteiger partial charge in [-0.2, -0.15) is 0 Å². The lowest BCUT2D eigenvalue weighted by Gasteiger charge is -2.14. The molecule has 30 heavy (non-hydrogen) atoms. The summed E-state index contributed by atoms with van der Waals surface area (Å²) in [5.41, 5.74) is 5.97. The Hall–Kier alpha value is -2.87. The van der Waals surface area contributed by atoms with Gasteiger partial charge in [0.25, 0.3) is 5.91 Å². The van der Waals surface area contributed by atoms with Gasteiger partial charge >= 0.3 is 0 Å². The van der Waals surface area contributed by atoms with E-state index in [1.165, 1.54) is 0 Å². The molecule has 0 aromatic heterocycles. The Kier molecular flexibility index (Phi) is 9.34. The minimum Gasteiger partial charge on any atom is -0.492 e.